The normalized spacial score (nSPS) is 10.8. The topological polar surface area (TPSA) is 205 Å². The van der Waals surface area contributed by atoms with E-state index in [0.29, 0.717) is 44.2 Å². The second-order valence-electron chi connectivity index (χ2n) is 14.4. The molecule has 0 saturated heterocycles. The lowest BCUT2D eigenvalue weighted by molar-refractivity contribution is -0.136. The third kappa shape index (κ3) is 16.1. The zero-order valence-corrected chi connectivity index (χ0v) is 40.4. The Bertz CT molecular complexity index is 2350. The van der Waals surface area contributed by atoms with Gasteiger partial charge in [0, 0.05) is 45.4 Å². The molecule has 18 heteroatoms. The second kappa shape index (κ2) is 30.9. The molecule has 4 amide bonds. The maximum absolute atomic E-state index is 14.0. The number of methoxy groups -OCH3 is 3. The first-order valence-corrected chi connectivity index (χ1v) is 21.6. The van der Waals surface area contributed by atoms with Gasteiger partial charge in [-0.05, 0) is 65.6 Å². The molecule has 0 radical (unpaired) electrons. The SMILES string of the molecule is C#C.C#C.CCC.CCCN(Cc1ncc(-c2ccc3c(c2)COc2cc4c(ccc5[nH]c(CN(CCC)C(=O)[C@H](CC)NC(=O)OC)nc54)cc2-3)[nH]1)C(=O)CN(F)C(=O)OC.CO.COC. The minimum atomic E-state index is -1.24. The number of amides is 4. The number of halogens is 1. The quantitative estimate of drug-likeness (QED) is 0.0620. The van der Waals surface area contributed by atoms with Gasteiger partial charge in [-0.1, -0.05) is 63.7 Å². The Morgan fingerprint density at radius 2 is 1.48 bits per heavy atom. The number of carbonyl (C=O) groups excluding carboxylic acids is 4. The van der Waals surface area contributed by atoms with Gasteiger partial charge in [0.15, 0.2) is 0 Å². The fraction of sp³-hybridized carbons (Fsp3) is 0.429. The summed E-state index contributed by atoms with van der Waals surface area (Å²) >= 11 is 0. The number of hydrogen-bond acceptors (Lipinski definition) is 11. The van der Waals surface area contributed by atoms with Gasteiger partial charge in [0.1, 0.15) is 36.6 Å². The molecule has 4 N–H and O–H groups in total. The number of aromatic nitrogens is 4. The van der Waals surface area contributed by atoms with E-state index in [-0.39, 0.29) is 24.1 Å². The van der Waals surface area contributed by atoms with E-state index in [2.05, 4.69) is 81.4 Å². The molecule has 0 spiro atoms. The minimum absolute atomic E-state index is 0.115. The first-order valence-electron chi connectivity index (χ1n) is 21.6. The van der Waals surface area contributed by atoms with Crippen molar-refractivity contribution >= 4 is 45.8 Å². The molecule has 67 heavy (non-hydrogen) atoms. The number of aliphatic hydroxyl groups is 1. The number of carbonyl (C=O) groups is 4. The van der Waals surface area contributed by atoms with Gasteiger partial charge in [0.2, 0.25) is 11.8 Å². The van der Waals surface area contributed by atoms with E-state index in [1.807, 2.05) is 51.1 Å². The molecule has 0 fully saturated rings. The third-order valence-corrected chi connectivity index (χ3v) is 9.50. The van der Waals surface area contributed by atoms with Gasteiger partial charge >= 0.3 is 12.2 Å². The standard InChI is InChI=1S/C39H45FN8O7.C3H8.C2H6O.2C2H2.CH4O/c1-6-13-46(35(49)21-48(40)39(52)54-5)19-33-41-18-31(43-33)24-9-11-26-25(15-24)22-55-32-17-27-23(16-28(26)32)10-12-30-36(27)45-34(42-30)20-47(14-7-2)37(50)29(8-3)44-38(51)53-4;2*1-3-2;3*1-2/h9-12,15-18,29H,6-8,13-14,19-22H2,1-5H3,(H,41,43)(H,42,45)(H,44,51);3H2,1-2H3;1-2H3;2*1-2H;2H,1H3/t29-;;;;;/m0...../s1. The average molecular weight is 931 g/mol. The summed E-state index contributed by atoms with van der Waals surface area (Å²) in [7, 11) is 6.56. The van der Waals surface area contributed by atoms with E-state index in [1.54, 1.807) is 25.3 Å². The van der Waals surface area contributed by atoms with Crippen molar-refractivity contribution in [3.05, 3.63) is 65.9 Å². The van der Waals surface area contributed by atoms with Crippen molar-refractivity contribution in [1.29, 1.82) is 0 Å². The average Bonchev–Trinajstić information content (AvgIpc) is 4.01. The molecule has 5 aromatic rings. The van der Waals surface area contributed by atoms with Gasteiger partial charge in [-0.3, -0.25) is 9.59 Å². The van der Waals surface area contributed by atoms with E-state index >= 15 is 0 Å². The van der Waals surface area contributed by atoms with E-state index in [1.165, 1.54) is 18.4 Å². The number of hydrogen-bond donors (Lipinski definition) is 4. The molecule has 364 valence electrons. The number of imidazole rings is 2. The van der Waals surface area contributed by atoms with Crippen LogP contribution in [-0.4, -0.2) is 125 Å². The molecule has 2 aromatic heterocycles. The van der Waals surface area contributed by atoms with Gasteiger partial charge in [-0.25, -0.2) is 19.6 Å². The molecule has 1 atom stereocenters. The Morgan fingerprint density at radius 3 is 2.07 bits per heavy atom. The Morgan fingerprint density at radius 1 is 0.851 bits per heavy atom. The molecular formula is C49H67FN8O9. The highest BCUT2D eigenvalue weighted by molar-refractivity contribution is 6.07. The molecule has 3 aromatic carbocycles. The summed E-state index contributed by atoms with van der Waals surface area (Å²) in [5.74, 6) is 1.11. The summed E-state index contributed by atoms with van der Waals surface area (Å²) in [6.45, 7) is 10.8. The summed E-state index contributed by atoms with van der Waals surface area (Å²) < 4.78 is 33.6. The highest BCUT2D eigenvalue weighted by Crippen LogP contribution is 2.42. The maximum Gasteiger partial charge on any atom is 0.438 e. The smallest absolute Gasteiger partial charge is 0.438 e. The molecule has 17 nitrogen and oxygen atoms in total. The number of fused-ring (bicyclic) bond motifs is 6. The molecule has 6 rings (SSSR count). The Hall–Kier alpha value is -7.15. The van der Waals surface area contributed by atoms with Crippen LogP contribution in [0.2, 0.25) is 0 Å². The van der Waals surface area contributed by atoms with Crippen LogP contribution in [-0.2, 0) is 43.5 Å². The van der Waals surface area contributed by atoms with Gasteiger partial charge in [0.05, 0.1) is 50.2 Å². The van der Waals surface area contributed by atoms with Crippen LogP contribution < -0.4 is 10.1 Å². The fourth-order valence-corrected chi connectivity index (χ4v) is 6.77. The Balaban J connectivity index is 0.00000171. The summed E-state index contributed by atoms with van der Waals surface area (Å²) in [4.78, 5) is 68.6. The fourth-order valence-electron chi connectivity index (χ4n) is 6.77. The molecule has 1 aliphatic rings. The molecule has 0 aliphatic carbocycles. The minimum Gasteiger partial charge on any atom is -0.488 e. The van der Waals surface area contributed by atoms with Crippen LogP contribution >= 0.6 is 0 Å². The van der Waals surface area contributed by atoms with Crippen molar-refractivity contribution in [1.82, 2.24) is 40.2 Å². The number of benzene rings is 3. The van der Waals surface area contributed by atoms with E-state index in [0.717, 1.165) is 76.1 Å². The predicted molar refractivity (Wildman–Crippen MR) is 259 cm³/mol. The zero-order chi connectivity index (χ0) is 50.6. The number of aliphatic hydroxyl groups excluding tert-OH is 1. The van der Waals surface area contributed by atoms with Crippen LogP contribution in [0.4, 0.5) is 14.1 Å². The van der Waals surface area contributed by atoms with E-state index < -0.39 is 30.7 Å². The van der Waals surface area contributed by atoms with Crippen LogP contribution in [0.1, 0.15) is 77.5 Å². The Kier molecular flexibility index (Phi) is 26.7. The number of rotatable bonds is 14. The highest BCUT2D eigenvalue weighted by Gasteiger charge is 2.27. The number of ether oxygens (including phenoxy) is 4. The number of terminal acetylenes is 2. The highest BCUT2D eigenvalue weighted by atomic mass is 19.2. The largest absolute Gasteiger partial charge is 0.488 e. The Labute approximate surface area is 393 Å². The van der Waals surface area contributed by atoms with Gasteiger partial charge < -0.3 is 49.1 Å². The van der Waals surface area contributed by atoms with E-state index in [4.69, 9.17) is 19.6 Å². The molecular weight excluding hydrogens is 864 g/mol. The molecule has 3 heterocycles. The van der Waals surface area contributed by atoms with Crippen LogP contribution in [0.15, 0.2) is 48.7 Å². The summed E-state index contributed by atoms with van der Waals surface area (Å²) in [5, 5.41) is 11.3. The maximum atomic E-state index is 14.0. The van der Waals surface area contributed by atoms with Crippen LogP contribution in [0, 0.1) is 25.7 Å². The van der Waals surface area contributed by atoms with Crippen molar-refractivity contribution in [3.8, 4) is 53.8 Å². The summed E-state index contributed by atoms with van der Waals surface area (Å²) in [6, 6.07) is 13.5. The van der Waals surface area contributed by atoms with Gasteiger partial charge in [0.25, 0.3) is 0 Å². The number of nitrogens with zero attached hydrogens (tertiary/aromatic N) is 5. The van der Waals surface area contributed by atoms with Crippen molar-refractivity contribution in [3.63, 3.8) is 0 Å². The van der Waals surface area contributed by atoms with E-state index in [9.17, 15) is 23.7 Å². The predicted octanol–water partition coefficient (Wildman–Crippen LogP) is 8.02. The first kappa shape index (κ1) is 57.9. The lowest BCUT2D eigenvalue weighted by Crippen LogP contribution is -2.48. The summed E-state index contributed by atoms with van der Waals surface area (Å²) in [5.41, 5.74) is 6.20. The monoisotopic (exact) mass is 931 g/mol. The summed E-state index contributed by atoms with van der Waals surface area (Å²) in [6.07, 6.45) is 18.8. The third-order valence-electron chi connectivity index (χ3n) is 9.50. The van der Waals surface area contributed by atoms with Crippen LogP contribution in [0.25, 0.3) is 44.2 Å². The number of nitrogens with one attached hydrogen (secondary N) is 3. The lowest BCUT2D eigenvalue weighted by Gasteiger charge is -2.26. The molecule has 0 bridgehead atoms. The van der Waals surface area contributed by atoms with Crippen LogP contribution in [0.5, 0.6) is 5.75 Å². The van der Waals surface area contributed by atoms with Crippen LogP contribution in [0.3, 0.4) is 0 Å². The molecule has 0 saturated carbocycles. The van der Waals surface area contributed by atoms with Crippen molar-refractivity contribution < 1.29 is 47.7 Å². The van der Waals surface area contributed by atoms with Gasteiger partial charge in [-0.15, -0.1) is 30.8 Å². The zero-order valence-electron chi connectivity index (χ0n) is 40.4. The van der Waals surface area contributed by atoms with Crippen molar-refractivity contribution in [2.24, 2.45) is 0 Å². The number of aromatic amines is 2. The first-order chi connectivity index (χ1) is 32.4. The van der Waals surface area contributed by atoms with Crippen molar-refractivity contribution in [2.75, 3.05) is 55.2 Å². The van der Waals surface area contributed by atoms with Gasteiger partial charge in [-0.2, -0.15) is 0 Å². The lowest BCUT2D eigenvalue weighted by atomic mass is 9.92. The number of alkyl carbamates (subject to hydrolysis) is 1. The number of H-pyrrole nitrogens is 2. The molecule has 0 unspecified atom stereocenters. The molecule has 1 aliphatic heterocycles. The second-order valence-corrected chi connectivity index (χ2v) is 14.4. The van der Waals surface area contributed by atoms with Crippen molar-refractivity contribution in [2.45, 2.75) is 86.0 Å².